The first-order chi connectivity index (χ1) is 16.9. The van der Waals surface area contributed by atoms with Crippen molar-refractivity contribution in [3.63, 3.8) is 0 Å². The van der Waals surface area contributed by atoms with Gasteiger partial charge < -0.3 is 20.5 Å². The largest absolute Gasteiger partial charge is 0.497 e. The molecule has 0 aromatic heterocycles. The fraction of sp³-hybridized carbons (Fsp3) is 0.107. The van der Waals surface area contributed by atoms with Crippen molar-refractivity contribution in [1.82, 2.24) is 0 Å². The van der Waals surface area contributed by atoms with Crippen LogP contribution >= 0.6 is 0 Å². The van der Waals surface area contributed by atoms with Crippen molar-refractivity contribution in [1.29, 1.82) is 0 Å². The maximum atomic E-state index is 13.1. The summed E-state index contributed by atoms with van der Waals surface area (Å²) in [6, 6.07) is 25.0. The number of carboxylic acid groups (broad SMARTS) is 1. The van der Waals surface area contributed by atoms with E-state index in [-0.39, 0.29) is 17.9 Å². The Bertz CT molecular complexity index is 1410. The van der Waals surface area contributed by atoms with Crippen LogP contribution in [0.2, 0.25) is 0 Å². The quantitative estimate of drug-likeness (QED) is 0.322. The topological polar surface area (TPSA) is 105 Å². The van der Waals surface area contributed by atoms with E-state index in [1.807, 2.05) is 30.3 Å². The summed E-state index contributed by atoms with van der Waals surface area (Å²) in [4.78, 5) is 37.0. The van der Waals surface area contributed by atoms with E-state index in [1.54, 1.807) is 54.6 Å². The summed E-state index contributed by atoms with van der Waals surface area (Å²) in [6.07, 6.45) is 0.357. The molecular formula is C28H24N2O5. The predicted molar refractivity (Wildman–Crippen MR) is 135 cm³/mol. The standard InChI is InChI=1S/C28H24N2O5/c1-35-23-12-13-24(28(34)29-22-8-4-5-18(15-22)9-14-26(31)32)25(17-23)30-27(33)21-11-10-19-6-2-3-7-20(19)16-21/h2-8,10-13,15-17H,9,14H2,1H3,(H,29,34)(H,30,33)(H,31,32). The highest BCUT2D eigenvalue weighted by Crippen LogP contribution is 2.25. The van der Waals surface area contributed by atoms with Crippen LogP contribution in [0.25, 0.3) is 10.8 Å². The lowest BCUT2D eigenvalue weighted by atomic mass is 10.1. The number of fused-ring (bicyclic) bond motifs is 1. The Hall–Kier alpha value is -4.65. The Labute approximate surface area is 202 Å². The predicted octanol–water partition coefficient (Wildman–Crippen LogP) is 5.37. The van der Waals surface area contributed by atoms with Crippen molar-refractivity contribution in [2.45, 2.75) is 12.8 Å². The molecule has 7 nitrogen and oxygen atoms in total. The number of carbonyl (C=O) groups excluding carboxylic acids is 2. The van der Waals surface area contributed by atoms with Gasteiger partial charge in [0.05, 0.1) is 18.4 Å². The van der Waals surface area contributed by atoms with Gasteiger partial charge in [-0.2, -0.15) is 0 Å². The van der Waals surface area contributed by atoms with Crippen molar-refractivity contribution in [3.8, 4) is 5.75 Å². The van der Waals surface area contributed by atoms with Crippen LogP contribution in [0.3, 0.4) is 0 Å². The number of hydrogen-bond donors (Lipinski definition) is 3. The zero-order valence-electron chi connectivity index (χ0n) is 19.1. The van der Waals surface area contributed by atoms with Crippen LogP contribution in [-0.2, 0) is 11.2 Å². The lowest BCUT2D eigenvalue weighted by Crippen LogP contribution is -2.18. The minimum Gasteiger partial charge on any atom is -0.497 e. The van der Waals surface area contributed by atoms with Crippen molar-refractivity contribution >= 4 is 39.9 Å². The molecule has 35 heavy (non-hydrogen) atoms. The summed E-state index contributed by atoms with van der Waals surface area (Å²) in [7, 11) is 1.51. The molecular weight excluding hydrogens is 444 g/mol. The van der Waals surface area contributed by atoms with Gasteiger partial charge in [-0.3, -0.25) is 14.4 Å². The van der Waals surface area contributed by atoms with Crippen molar-refractivity contribution in [2.75, 3.05) is 17.7 Å². The number of hydrogen-bond acceptors (Lipinski definition) is 4. The van der Waals surface area contributed by atoms with E-state index in [1.165, 1.54) is 7.11 Å². The van der Waals surface area contributed by atoms with Crippen LogP contribution in [0, 0.1) is 0 Å². The molecule has 176 valence electrons. The lowest BCUT2D eigenvalue weighted by Gasteiger charge is -2.14. The molecule has 0 radical (unpaired) electrons. The van der Waals surface area contributed by atoms with E-state index in [9.17, 15) is 14.4 Å². The molecule has 0 heterocycles. The van der Waals surface area contributed by atoms with Gasteiger partial charge in [0, 0.05) is 23.7 Å². The van der Waals surface area contributed by atoms with Crippen molar-refractivity contribution in [2.24, 2.45) is 0 Å². The first-order valence-electron chi connectivity index (χ1n) is 11.0. The van der Waals surface area contributed by atoms with Gasteiger partial charge in [0.15, 0.2) is 0 Å². The lowest BCUT2D eigenvalue weighted by molar-refractivity contribution is -0.136. The average molecular weight is 469 g/mol. The van der Waals surface area contributed by atoms with Crippen molar-refractivity contribution in [3.05, 3.63) is 102 Å². The molecule has 4 aromatic rings. The Morgan fingerprint density at radius 1 is 0.800 bits per heavy atom. The monoisotopic (exact) mass is 468 g/mol. The number of rotatable bonds is 8. The van der Waals surface area contributed by atoms with Crippen LogP contribution in [0.4, 0.5) is 11.4 Å². The molecule has 4 rings (SSSR count). The molecule has 0 saturated carbocycles. The Kier molecular flexibility index (Phi) is 7.07. The van der Waals surface area contributed by atoms with Gasteiger partial charge in [-0.15, -0.1) is 0 Å². The SMILES string of the molecule is COc1ccc(C(=O)Nc2cccc(CCC(=O)O)c2)c(NC(=O)c2ccc3ccccc3c2)c1. The summed E-state index contributed by atoms with van der Waals surface area (Å²) < 4.78 is 5.28. The summed E-state index contributed by atoms with van der Waals surface area (Å²) >= 11 is 0. The first-order valence-corrected chi connectivity index (χ1v) is 11.0. The van der Waals surface area contributed by atoms with Gasteiger partial charge in [0.2, 0.25) is 0 Å². The van der Waals surface area contributed by atoms with E-state index in [2.05, 4.69) is 10.6 Å². The smallest absolute Gasteiger partial charge is 0.303 e. The number of benzene rings is 4. The minimum atomic E-state index is -0.885. The number of carboxylic acids is 1. The first kappa shape index (κ1) is 23.5. The van der Waals surface area contributed by atoms with Gasteiger partial charge in [-0.1, -0.05) is 42.5 Å². The zero-order valence-corrected chi connectivity index (χ0v) is 19.1. The Morgan fingerprint density at radius 3 is 2.37 bits per heavy atom. The summed E-state index contributed by atoms with van der Waals surface area (Å²) in [5.74, 6) is -1.17. The second kappa shape index (κ2) is 10.5. The fourth-order valence-electron chi connectivity index (χ4n) is 3.73. The summed E-state index contributed by atoms with van der Waals surface area (Å²) in [6.45, 7) is 0. The van der Waals surface area contributed by atoms with Gasteiger partial charge in [-0.05, 0) is 59.2 Å². The number of aliphatic carboxylic acids is 1. The van der Waals surface area contributed by atoms with Crippen LogP contribution in [-0.4, -0.2) is 30.0 Å². The maximum Gasteiger partial charge on any atom is 0.303 e. The van der Waals surface area contributed by atoms with E-state index in [0.29, 0.717) is 29.1 Å². The molecule has 2 amide bonds. The number of amides is 2. The molecule has 4 aromatic carbocycles. The molecule has 0 fully saturated rings. The average Bonchev–Trinajstić information content (AvgIpc) is 2.87. The number of anilines is 2. The van der Waals surface area contributed by atoms with Crippen molar-refractivity contribution < 1.29 is 24.2 Å². The van der Waals surface area contributed by atoms with E-state index < -0.39 is 11.9 Å². The summed E-state index contributed by atoms with van der Waals surface area (Å²) in [5.41, 5.74) is 2.35. The Balaban J connectivity index is 1.57. The minimum absolute atomic E-state index is 0.000825. The summed E-state index contributed by atoms with van der Waals surface area (Å²) in [5, 5.41) is 16.5. The number of nitrogens with one attached hydrogen (secondary N) is 2. The third-order valence-corrected chi connectivity index (χ3v) is 5.54. The van der Waals surface area contributed by atoms with Crippen LogP contribution in [0.15, 0.2) is 84.9 Å². The molecule has 0 aliphatic rings. The number of aryl methyl sites for hydroxylation is 1. The number of carbonyl (C=O) groups is 3. The molecule has 0 unspecified atom stereocenters. The van der Waals surface area contributed by atoms with Crippen LogP contribution < -0.4 is 15.4 Å². The molecule has 7 heteroatoms. The van der Waals surface area contributed by atoms with E-state index >= 15 is 0 Å². The van der Waals surface area contributed by atoms with E-state index in [4.69, 9.17) is 9.84 Å². The highest BCUT2D eigenvalue weighted by molar-refractivity contribution is 6.13. The highest BCUT2D eigenvalue weighted by Gasteiger charge is 2.16. The van der Waals surface area contributed by atoms with Gasteiger partial charge in [0.1, 0.15) is 5.75 Å². The maximum absolute atomic E-state index is 13.1. The second-order valence-corrected chi connectivity index (χ2v) is 7.98. The number of methoxy groups -OCH3 is 1. The van der Waals surface area contributed by atoms with E-state index in [0.717, 1.165) is 16.3 Å². The highest BCUT2D eigenvalue weighted by atomic mass is 16.5. The molecule has 0 saturated heterocycles. The second-order valence-electron chi connectivity index (χ2n) is 7.98. The van der Waals surface area contributed by atoms with Crippen LogP contribution in [0.1, 0.15) is 32.7 Å². The van der Waals surface area contributed by atoms with Crippen LogP contribution in [0.5, 0.6) is 5.75 Å². The molecule has 0 aliphatic carbocycles. The number of ether oxygens (including phenoxy) is 1. The molecule has 0 spiro atoms. The molecule has 0 atom stereocenters. The van der Waals surface area contributed by atoms with Gasteiger partial charge in [-0.25, -0.2) is 0 Å². The molecule has 0 aliphatic heterocycles. The molecule has 0 bridgehead atoms. The molecule has 3 N–H and O–H groups in total. The third-order valence-electron chi connectivity index (χ3n) is 5.54. The third kappa shape index (κ3) is 5.83. The van der Waals surface area contributed by atoms with Gasteiger partial charge >= 0.3 is 5.97 Å². The fourth-order valence-corrected chi connectivity index (χ4v) is 3.73. The van der Waals surface area contributed by atoms with Gasteiger partial charge in [0.25, 0.3) is 11.8 Å². The zero-order chi connectivity index (χ0) is 24.8. The Morgan fingerprint density at radius 2 is 1.60 bits per heavy atom. The normalized spacial score (nSPS) is 10.5.